The molecule has 2 aromatic rings. The van der Waals surface area contributed by atoms with Crippen LogP contribution >= 0.6 is 44.1 Å². The van der Waals surface area contributed by atoms with Crippen LogP contribution in [-0.2, 0) is 13.0 Å². The van der Waals surface area contributed by atoms with Gasteiger partial charge in [0.15, 0.2) is 5.82 Å². The van der Waals surface area contributed by atoms with Crippen molar-refractivity contribution in [2.75, 3.05) is 12.0 Å². The number of H-pyrrole nitrogens is 1. The quantitative estimate of drug-likeness (QED) is 0.543. The highest BCUT2D eigenvalue weighted by atomic mass is 79.9. The van der Waals surface area contributed by atoms with E-state index in [-0.39, 0.29) is 0 Å². The molecule has 1 heterocycles. The summed E-state index contributed by atoms with van der Waals surface area (Å²) < 4.78 is 10.0. The molecule has 2 N–H and O–H groups in total. The Morgan fingerprint density at radius 2 is 1.96 bits per heavy atom. The van der Waals surface area contributed by atoms with Gasteiger partial charge >= 0.3 is 0 Å². The molecule has 5 nitrogen and oxygen atoms in total. The van der Waals surface area contributed by atoms with Crippen LogP contribution in [0.1, 0.15) is 38.1 Å². The van der Waals surface area contributed by atoms with Crippen LogP contribution in [0, 0.1) is 4.77 Å². The maximum atomic E-state index is 5.74. The largest absolute Gasteiger partial charge is 0.491 e. The molecule has 1 aromatic carbocycles. The van der Waals surface area contributed by atoms with Gasteiger partial charge in [-0.25, -0.2) is 4.68 Å². The van der Waals surface area contributed by atoms with Crippen LogP contribution in [0.25, 0.3) is 0 Å². The lowest BCUT2D eigenvalue weighted by Gasteiger charge is -2.13. The summed E-state index contributed by atoms with van der Waals surface area (Å²) in [6, 6.07) is 4.10. The zero-order valence-corrected chi connectivity index (χ0v) is 17.1. The Hall–Kier alpha value is -0.860. The number of benzene rings is 1. The van der Waals surface area contributed by atoms with Gasteiger partial charge in [0, 0.05) is 6.42 Å². The Kier molecular flexibility index (Phi) is 7.10. The van der Waals surface area contributed by atoms with Crippen molar-refractivity contribution in [2.45, 2.75) is 39.7 Å². The molecule has 8 heteroatoms. The first-order chi connectivity index (χ1) is 11.1. The number of nitrogens with one attached hydrogen (secondary N) is 2. The lowest BCUT2D eigenvalue weighted by molar-refractivity contribution is 0.313. The molecule has 2 rings (SSSR count). The molecule has 0 saturated heterocycles. The van der Waals surface area contributed by atoms with Gasteiger partial charge < -0.3 is 10.2 Å². The Morgan fingerprint density at radius 1 is 1.26 bits per heavy atom. The average Bonchev–Trinajstić information content (AvgIpc) is 2.85. The standard InChI is InChI=1S/C15H20Br2N4OS/c1-3-5-13-19-20-15(23)21(13)18-9-10-7-11(16)14(12(17)8-10)22-6-4-2/h7-8,18H,3-6,9H2,1-2H3,(H,20,23). The summed E-state index contributed by atoms with van der Waals surface area (Å²) in [6.45, 7) is 5.53. The highest BCUT2D eigenvalue weighted by molar-refractivity contribution is 9.11. The molecule has 0 bridgehead atoms. The first-order valence-corrected chi connectivity index (χ1v) is 9.57. The second-order valence-electron chi connectivity index (χ2n) is 5.10. The molecule has 0 aliphatic heterocycles. The van der Waals surface area contributed by atoms with Crippen LogP contribution in [0.3, 0.4) is 0 Å². The third-order valence-electron chi connectivity index (χ3n) is 3.17. The molecule has 1 aromatic heterocycles. The van der Waals surface area contributed by atoms with Gasteiger partial charge in [0.1, 0.15) is 5.75 Å². The first-order valence-electron chi connectivity index (χ1n) is 7.57. The molecule has 0 amide bonds. The van der Waals surface area contributed by atoms with E-state index in [9.17, 15) is 0 Å². The molecular weight excluding hydrogens is 444 g/mol. The van der Waals surface area contributed by atoms with E-state index in [4.69, 9.17) is 17.0 Å². The summed E-state index contributed by atoms with van der Waals surface area (Å²) in [7, 11) is 0. The van der Waals surface area contributed by atoms with E-state index < -0.39 is 0 Å². The predicted molar refractivity (Wildman–Crippen MR) is 102 cm³/mol. The number of hydrogen-bond acceptors (Lipinski definition) is 4. The number of rotatable bonds is 8. The maximum absolute atomic E-state index is 5.74. The van der Waals surface area contributed by atoms with Gasteiger partial charge in [-0.3, -0.25) is 5.10 Å². The van der Waals surface area contributed by atoms with Crippen molar-refractivity contribution in [2.24, 2.45) is 0 Å². The fraction of sp³-hybridized carbons (Fsp3) is 0.467. The summed E-state index contributed by atoms with van der Waals surface area (Å²) >= 11 is 12.4. The van der Waals surface area contributed by atoms with Crippen molar-refractivity contribution in [1.82, 2.24) is 14.9 Å². The van der Waals surface area contributed by atoms with Crippen LogP contribution in [0.2, 0.25) is 0 Å². The number of ether oxygens (including phenoxy) is 1. The van der Waals surface area contributed by atoms with Crippen molar-refractivity contribution in [3.63, 3.8) is 0 Å². The summed E-state index contributed by atoms with van der Waals surface area (Å²) in [6.07, 6.45) is 2.86. The van der Waals surface area contributed by atoms with Crippen LogP contribution in [0.5, 0.6) is 5.75 Å². The Morgan fingerprint density at radius 3 is 2.57 bits per heavy atom. The van der Waals surface area contributed by atoms with Crippen molar-refractivity contribution < 1.29 is 4.74 Å². The van der Waals surface area contributed by atoms with Crippen LogP contribution in [-0.4, -0.2) is 21.5 Å². The Bertz CT molecular complexity index is 691. The Balaban J connectivity index is 2.12. The summed E-state index contributed by atoms with van der Waals surface area (Å²) in [4.78, 5) is 0. The van der Waals surface area contributed by atoms with E-state index in [1.807, 2.05) is 16.8 Å². The highest BCUT2D eigenvalue weighted by Crippen LogP contribution is 2.35. The minimum absolute atomic E-state index is 0.578. The van der Waals surface area contributed by atoms with E-state index in [1.54, 1.807) is 0 Å². The van der Waals surface area contributed by atoms with Crippen molar-refractivity contribution in [3.8, 4) is 5.75 Å². The van der Waals surface area contributed by atoms with Gasteiger partial charge in [-0.05, 0) is 74.6 Å². The van der Waals surface area contributed by atoms with Crippen LogP contribution in [0.4, 0.5) is 0 Å². The second-order valence-corrected chi connectivity index (χ2v) is 7.20. The van der Waals surface area contributed by atoms with Gasteiger partial charge in [0.25, 0.3) is 0 Å². The van der Waals surface area contributed by atoms with E-state index in [1.165, 1.54) is 0 Å². The number of aromatic amines is 1. The molecule has 0 unspecified atom stereocenters. The maximum Gasteiger partial charge on any atom is 0.214 e. The van der Waals surface area contributed by atoms with Crippen LogP contribution < -0.4 is 10.2 Å². The zero-order chi connectivity index (χ0) is 16.8. The van der Waals surface area contributed by atoms with Gasteiger partial charge in [-0.1, -0.05) is 13.8 Å². The van der Waals surface area contributed by atoms with E-state index in [2.05, 4.69) is 61.3 Å². The Labute approximate surface area is 158 Å². The van der Waals surface area contributed by atoms with Crippen molar-refractivity contribution >= 4 is 44.1 Å². The highest BCUT2D eigenvalue weighted by Gasteiger charge is 2.10. The third kappa shape index (κ3) is 4.81. The molecule has 23 heavy (non-hydrogen) atoms. The van der Waals surface area contributed by atoms with Gasteiger partial charge in [-0.15, -0.1) is 0 Å². The number of halogens is 2. The number of nitrogens with zero attached hydrogens (tertiary/aromatic N) is 2. The van der Waals surface area contributed by atoms with E-state index in [0.29, 0.717) is 17.9 Å². The number of hydrogen-bond donors (Lipinski definition) is 2. The summed E-state index contributed by atoms with van der Waals surface area (Å²) in [5.74, 6) is 1.75. The topological polar surface area (TPSA) is 54.9 Å². The smallest absolute Gasteiger partial charge is 0.214 e. The fourth-order valence-corrected chi connectivity index (χ4v) is 3.84. The molecule has 0 saturated carbocycles. The zero-order valence-electron chi connectivity index (χ0n) is 13.2. The lowest BCUT2D eigenvalue weighted by Crippen LogP contribution is -2.17. The molecule has 0 aliphatic carbocycles. The lowest BCUT2D eigenvalue weighted by atomic mass is 10.2. The average molecular weight is 464 g/mol. The summed E-state index contributed by atoms with van der Waals surface area (Å²) in [5.41, 5.74) is 4.43. The second kappa shape index (κ2) is 8.84. The molecule has 0 atom stereocenters. The van der Waals surface area contributed by atoms with Crippen molar-refractivity contribution in [1.29, 1.82) is 0 Å². The minimum Gasteiger partial charge on any atom is -0.491 e. The minimum atomic E-state index is 0.578. The third-order valence-corrected chi connectivity index (χ3v) is 4.62. The monoisotopic (exact) mass is 462 g/mol. The van der Waals surface area contributed by atoms with Gasteiger partial charge in [0.05, 0.1) is 22.1 Å². The first kappa shape index (κ1) is 18.5. The summed E-state index contributed by atoms with van der Waals surface area (Å²) in [5, 5.41) is 7.07. The molecule has 0 fully saturated rings. The molecule has 0 radical (unpaired) electrons. The van der Waals surface area contributed by atoms with E-state index >= 15 is 0 Å². The van der Waals surface area contributed by atoms with E-state index in [0.717, 1.165) is 45.3 Å². The van der Waals surface area contributed by atoms with Gasteiger partial charge in [0.2, 0.25) is 4.77 Å². The molecule has 0 spiro atoms. The molecule has 0 aliphatic rings. The van der Waals surface area contributed by atoms with Crippen LogP contribution in [0.15, 0.2) is 21.1 Å². The van der Waals surface area contributed by atoms with Crippen molar-refractivity contribution in [3.05, 3.63) is 37.2 Å². The number of aryl methyl sites for hydroxylation is 1. The predicted octanol–water partition coefficient (Wildman–Crippen LogP) is 4.95. The molecule has 126 valence electrons. The molecular formula is C15H20Br2N4OS. The normalized spacial score (nSPS) is 10.8. The fourth-order valence-electron chi connectivity index (χ4n) is 2.11. The number of aromatic nitrogens is 3. The SMILES string of the molecule is CCCOc1c(Br)cc(CNn2c(CCC)n[nH]c2=S)cc1Br. The van der Waals surface area contributed by atoms with Gasteiger partial charge in [-0.2, -0.15) is 5.10 Å².